The number of aryl methyl sites for hydroxylation is 2. The fourth-order valence-electron chi connectivity index (χ4n) is 3.28. The van der Waals surface area contributed by atoms with E-state index in [-0.39, 0.29) is 0 Å². The molecule has 0 aliphatic carbocycles. The summed E-state index contributed by atoms with van der Waals surface area (Å²) in [6.07, 6.45) is 2.16. The van der Waals surface area contributed by atoms with Gasteiger partial charge in [-0.3, -0.25) is 4.57 Å². The molecule has 144 valence electrons. The van der Waals surface area contributed by atoms with Crippen LogP contribution in [0.15, 0.2) is 16.5 Å². The topological polar surface area (TPSA) is 8.81 Å². The molecule has 0 spiro atoms. The largest absolute Gasteiger partial charge is 0.303 e. The van der Waals surface area contributed by atoms with E-state index in [0.29, 0.717) is 5.92 Å². The summed E-state index contributed by atoms with van der Waals surface area (Å²) in [5, 5.41) is 0. The maximum absolute atomic E-state index is 5.72. The normalized spacial score (nSPS) is 11.6. The summed E-state index contributed by atoms with van der Waals surface area (Å²) < 4.78 is 6.93. The zero-order valence-electron chi connectivity index (χ0n) is 17.3. The number of thioether (sulfide) groups is 1. The Morgan fingerprint density at radius 3 is 2.22 bits per heavy atom. The van der Waals surface area contributed by atoms with Crippen molar-refractivity contribution in [1.82, 2.24) is 4.57 Å². The first kappa shape index (κ1) is 20.8. The monoisotopic (exact) mass is 435 g/mol. The van der Waals surface area contributed by atoms with Gasteiger partial charge in [-0.1, -0.05) is 25.2 Å². The number of hydrogen-bond donors (Lipinski definition) is 0. The van der Waals surface area contributed by atoms with E-state index in [2.05, 4.69) is 76.0 Å². The predicted octanol–water partition coefficient (Wildman–Crippen LogP) is 6.99. The molecule has 0 aliphatic heterocycles. The number of rotatable bonds is 4. The van der Waals surface area contributed by atoms with Crippen molar-refractivity contribution >= 4 is 46.7 Å². The number of hydrogen-bond acceptors (Lipinski definition) is 4. The third-order valence-electron chi connectivity index (χ3n) is 5.23. The van der Waals surface area contributed by atoms with Gasteiger partial charge in [0.15, 0.2) is 9.65 Å². The van der Waals surface area contributed by atoms with Gasteiger partial charge in [0.25, 0.3) is 0 Å². The standard InChI is InChI=1S/C21H27N2S4/c1-11(2)17-9-18(22-13(4)15(6)26-20(22)24)12(3)19(10-17)23-14(5)16(7)27-21(23)25-8/h9-11H,1-8H3/q+1. The van der Waals surface area contributed by atoms with Gasteiger partial charge < -0.3 is 0 Å². The second kappa shape index (κ2) is 7.82. The molecule has 27 heavy (non-hydrogen) atoms. The highest BCUT2D eigenvalue weighted by molar-refractivity contribution is 8.00. The zero-order chi connectivity index (χ0) is 20.0. The van der Waals surface area contributed by atoms with E-state index < -0.39 is 0 Å². The lowest BCUT2D eigenvalue weighted by molar-refractivity contribution is -0.635. The number of aromatic nitrogens is 2. The number of benzene rings is 1. The molecular formula is C21H27N2S4+. The molecule has 0 amide bonds. The van der Waals surface area contributed by atoms with E-state index in [1.54, 1.807) is 11.3 Å². The van der Waals surface area contributed by atoms with Gasteiger partial charge in [-0.05, 0) is 75.5 Å². The van der Waals surface area contributed by atoms with Crippen molar-refractivity contribution < 1.29 is 4.57 Å². The lowest BCUT2D eigenvalue weighted by Gasteiger charge is -2.16. The molecule has 3 rings (SSSR count). The van der Waals surface area contributed by atoms with E-state index in [0.717, 1.165) is 3.95 Å². The molecule has 0 N–H and O–H groups in total. The molecule has 2 heterocycles. The first-order valence-corrected chi connectivity index (χ1v) is 12.3. The summed E-state index contributed by atoms with van der Waals surface area (Å²) in [5.74, 6) is 0.454. The molecule has 0 unspecified atom stereocenters. The summed E-state index contributed by atoms with van der Waals surface area (Å²) in [4.78, 5) is 2.66. The Balaban J connectivity index is 2.41. The number of thiazole rings is 2. The Morgan fingerprint density at radius 1 is 1.04 bits per heavy atom. The van der Waals surface area contributed by atoms with Gasteiger partial charge in [-0.25, -0.2) is 0 Å². The summed E-state index contributed by atoms with van der Waals surface area (Å²) >= 11 is 11.1. The Hall–Kier alpha value is -0.950. The van der Waals surface area contributed by atoms with Crippen LogP contribution in [0.1, 0.15) is 52.0 Å². The Morgan fingerprint density at radius 2 is 1.70 bits per heavy atom. The highest BCUT2D eigenvalue weighted by atomic mass is 32.2. The smallest absolute Gasteiger partial charge is 0.295 e. The molecule has 2 aromatic heterocycles. The van der Waals surface area contributed by atoms with Crippen LogP contribution in [0.5, 0.6) is 0 Å². The molecule has 6 heteroatoms. The second-order valence-corrected chi connectivity index (χ2v) is 11.3. The summed E-state index contributed by atoms with van der Waals surface area (Å²) in [5.41, 5.74) is 7.67. The second-order valence-electron chi connectivity index (χ2n) is 7.23. The van der Waals surface area contributed by atoms with Gasteiger partial charge in [0, 0.05) is 29.1 Å². The quantitative estimate of drug-likeness (QED) is 0.248. The molecule has 0 saturated carbocycles. The van der Waals surface area contributed by atoms with Gasteiger partial charge >= 0.3 is 4.34 Å². The minimum atomic E-state index is 0.454. The fourth-order valence-corrected chi connectivity index (χ4v) is 6.68. The van der Waals surface area contributed by atoms with Gasteiger partial charge in [0.2, 0.25) is 5.69 Å². The van der Waals surface area contributed by atoms with E-state index in [4.69, 9.17) is 12.2 Å². The molecule has 0 bridgehead atoms. The summed E-state index contributed by atoms with van der Waals surface area (Å²) in [6.45, 7) is 15.5. The van der Waals surface area contributed by atoms with Crippen LogP contribution in [0.2, 0.25) is 0 Å². The lowest BCUT2D eigenvalue weighted by Crippen LogP contribution is -2.35. The van der Waals surface area contributed by atoms with Crippen molar-refractivity contribution in [3.63, 3.8) is 0 Å². The Labute approximate surface area is 179 Å². The van der Waals surface area contributed by atoms with Gasteiger partial charge in [0.1, 0.15) is 0 Å². The van der Waals surface area contributed by atoms with Crippen LogP contribution in [0.25, 0.3) is 11.4 Å². The molecule has 0 aliphatic rings. The van der Waals surface area contributed by atoms with Crippen molar-refractivity contribution in [3.8, 4) is 11.4 Å². The van der Waals surface area contributed by atoms with E-state index in [1.807, 2.05) is 23.1 Å². The molecule has 0 fully saturated rings. The SMILES string of the molecule is CSc1sc(C)c(C)[n+]1-c1cc(C(C)C)cc(-n2c(C)c(C)sc2=S)c1C. The maximum Gasteiger partial charge on any atom is 0.303 e. The molecule has 0 atom stereocenters. The summed E-state index contributed by atoms with van der Waals surface area (Å²) in [7, 11) is 0. The highest BCUT2D eigenvalue weighted by Crippen LogP contribution is 2.32. The number of nitrogens with zero attached hydrogens (tertiary/aromatic N) is 2. The first-order chi connectivity index (χ1) is 12.7. The van der Waals surface area contributed by atoms with Crippen LogP contribution in [-0.4, -0.2) is 10.8 Å². The minimum Gasteiger partial charge on any atom is -0.295 e. The van der Waals surface area contributed by atoms with Crippen molar-refractivity contribution in [2.24, 2.45) is 0 Å². The van der Waals surface area contributed by atoms with Crippen molar-refractivity contribution in [1.29, 1.82) is 0 Å². The highest BCUT2D eigenvalue weighted by Gasteiger charge is 2.27. The minimum absolute atomic E-state index is 0.454. The van der Waals surface area contributed by atoms with Crippen LogP contribution in [0.3, 0.4) is 0 Å². The van der Waals surface area contributed by atoms with Gasteiger partial charge in [-0.2, -0.15) is 0 Å². The molecular weight excluding hydrogens is 409 g/mol. The van der Waals surface area contributed by atoms with Crippen LogP contribution in [0, 0.1) is 38.6 Å². The molecule has 0 radical (unpaired) electrons. The Bertz CT molecular complexity index is 1070. The van der Waals surface area contributed by atoms with Crippen molar-refractivity contribution in [2.45, 2.75) is 58.7 Å². The predicted molar refractivity (Wildman–Crippen MR) is 123 cm³/mol. The van der Waals surface area contributed by atoms with Crippen LogP contribution < -0.4 is 4.57 Å². The fraction of sp³-hybridized carbons (Fsp3) is 0.429. The van der Waals surface area contributed by atoms with E-state index >= 15 is 0 Å². The summed E-state index contributed by atoms with van der Waals surface area (Å²) in [6, 6.07) is 4.69. The van der Waals surface area contributed by atoms with Gasteiger partial charge in [-0.15, -0.1) is 15.9 Å². The van der Waals surface area contributed by atoms with Crippen LogP contribution >= 0.6 is 46.7 Å². The maximum atomic E-state index is 5.72. The van der Waals surface area contributed by atoms with E-state index in [1.165, 1.54) is 48.0 Å². The molecule has 3 aromatic rings. The Kier molecular flexibility index (Phi) is 6.02. The zero-order valence-corrected chi connectivity index (χ0v) is 20.5. The van der Waals surface area contributed by atoms with Crippen LogP contribution in [-0.2, 0) is 0 Å². The average molecular weight is 436 g/mol. The first-order valence-electron chi connectivity index (χ1n) is 9.07. The average Bonchev–Trinajstić information content (AvgIpc) is 3.03. The van der Waals surface area contributed by atoms with E-state index in [9.17, 15) is 0 Å². The van der Waals surface area contributed by atoms with Crippen molar-refractivity contribution in [3.05, 3.63) is 48.4 Å². The third kappa shape index (κ3) is 3.57. The molecule has 1 aromatic carbocycles. The molecule has 0 saturated heterocycles. The lowest BCUT2D eigenvalue weighted by atomic mass is 9.98. The third-order valence-corrected chi connectivity index (χ3v) is 8.87. The van der Waals surface area contributed by atoms with Crippen molar-refractivity contribution in [2.75, 3.05) is 6.26 Å². The molecule has 2 nitrogen and oxygen atoms in total. The van der Waals surface area contributed by atoms with Gasteiger partial charge in [0.05, 0.1) is 10.6 Å². The van der Waals surface area contributed by atoms with Crippen LogP contribution in [0.4, 0.5) is 0 Å².